The largest absolute Gasteiger partial charge is 0.481 e. The van der Waals surface area contributed by atoms with Crippen LogP contribution in [-0.4, -0.2) is 31.6 Å². The number of hydrogen-bond donors (Lipinski definition) is 1. The fraction of sp³-hybridized carbons (Fsp3) is 0.357. The molecule has 7 heteroatoms. The molecular weight excluding hydrogens is 293 g/mol. The van der Waals surface area contributed by atoms with Gasteiger partial charge in [0.15, 0.2) is 5.16 Å². The molecule has 0 radical (unpaired) electrons. The van der Waals surface area contributed by atoms with Gasteiger partial charge >= 0.3 is 5.97 Å². The third kappa shape index (κ3) is 3.41. The summed E-state index contributed by atoms with van der Waals surface area (Å²) in [4.78, 5) is 10.7. The maximum absolute atomic E-state index is 13.6. The number of hydrogen-bond acceptors (Lipinski definition) is 4. The minimum atomic E-state index is -0.934. The normalized spacial score (nSPS) is 11.1. The van der Waals surface area contributed by atoms with Crippen molar-refractivity contribution >= 4 is 17.7 Å². The second-order valence-corrected chi connectivity index (χ2v) is 5.89. The molecular formula is C14H16FN3O2S. The second kappa shape index (κ2) is 6.26. The van der Waals surface area contributed by atoms with E-state index >= 15 is 0 Å². The van der Waals surface area contributed by atoms with Gasteiger partial charge in [-0.2, -0.15) is 0 Å². The molecule has 0 aliphatic carbocycles. The molecule has 2 aromatic rings. The smallest absolute Gasteiger partial charge is 0.313 e. The van der Waals surface area contributed by atoms with Gasteiger partial charge in [-0.25, -0.2) is 4.39 Å². The van der Waals surface area contributed by atoms with Crippen molar-refractivity contribution in [3.63, 3.8) is 0 Å². The minimum absolute atomic E-state index is 0.0827. The van der Waals surface area contributed by atoms with Crippen LogP contribution in [-0.2, 0) is 4.79 Å². The maximum atomic E-state index is 13.6. The summed E-state index contributed by atoms with van der Waals surface area (Å²) in [6.07, 6.45) is 0. The van der Waals surface area contributed by atoms with Crippen LogP contribution < -0.4 is 0 Å². The highest BCUT2D eigenvalue weighted by molar-refractivity contribution is 7.99. The van der Waals surface area contributed by atoms with E-state index in [0.717, 1.165) is 17.3 Å². The van der Waals surface area contributed by atoms with E-state index in [9.17, 15) is 9.18 Å². The molecule has 1 heterocycles. The summed E-state index contributed by atoms with van der Waals surface area (Å²) in [5.41, 5.74) is 1.51. The third-order valence-electron chi connectivity index (χ3n) is 2.91. The number of rotatable bonds is 5. The molecule has 1 aromatic carbocycles. The Hall–Kier alpha value is -1.89. The molecule has 0 atom stereocenters. The van der Waals surface area contributed by atoms with Gasteiger partial charge < -0.3 is 5.11 Å². The number of thioether (sulfide) groups is 1. The monoisotopic (exact) mass is 309 g/mol. The highest BCUT2D eigenvalue weighted by Crippen LogP contribution is 2.27. The molecule has 0 aliphatic rings. The van der Waals surface area contributed by atoms with Gasteiger partial charge in [0.2, 0.25) is 0 Å². The lowest BCUT2D eigenvalue weighted by molar-refractivity contribution is -0.133. The van der Waals surface area contributed by atoms with Gasteiger partial charge in [0, 0.05) is 5.92 Å². The number of halogens is 1. The average Bonchev–Trinajstić information content (AvgIpc) is 2.83. The van der Waals surface area contributed by atoms with Crippen LogP contribution in [0.2, 0.25) is 0 Å². The SMILES string of the molecule is Cc1ccc(F)cc1-n1c(SCC(=O)O)nnc1C(C)C. The first-order chi connectivity index (χ1) is 9.90. The first-order valence-corrected chi connectivity index (χ1v) is 7.45. The van der Waals surface area contributed by atoms with Gasteiger partial charge in [0.05, 0.1) is 11.4 Å². The quantitative estimate of drug-likeness (QED) is 0.860. The molecule has 1 N–H and O–H groups in total. The molecule has 21 heavy (non-hydrogen) atoms. The summed E-state index contributed by atoms with van der Waals surface area (Å²) in [5, 5.41) is 17.4. The summed E-state index contributed by atoms with van der Waals surface area (Å²) < 4.78 is 15.3. The number of carboxylic acid groups (broad SMARTS) is 1. The van der Waals surface area contributed by atoms with E-state index in [1.807, 2.05) is 20.8 Å². The molecule has 0 bridgehead atoms. The number of carboxylic acids is 1. The van der Waals surface area contributed by atoms with E-state index in [1.54, 1.807) is 10.6 Å². The van der Waals surface area contributed by atoms with Crippen molar-refractivity contribution in [2.75, 3.05) is 5.75 Å². The fourth-order valence-electron chi connectivity index (χ4n) is 1.92. The van der Waals surface area contributed by atoms with Crippen molar-refractivity contribution in [1.29, 1.82) is 0 Å². The molecule has 2 rings (SSSR count). The van der Waals surface area contributed by atoms with Gasteiger partial charge in [-0.3, -0.25) is 9.36 Å². The highest BCUT2D eigenvalue weighted by Gasteiger charge is 2.19. The Morgan fingerprint density at radius 2 is 2.14 bits per heavy atom. The van der Waals surface area contributed by atoms with Gasteiger partial charge in [0.25, 0.3) is 0 Å². The first kappa shape index (κ1) is 15.5. The Morgan fingerprint density at radius 3 is 2.76 bits per heavy atom. The lowest BCUT2D eigenvalue weighted by atomic mass is 10.1. The van der Waals surface area contributed by atoms with Crippen LogP contribution in [0.5, 0.6) is 0 Å². The summed E-state index contributed by atoms with van der Waals surface area (Å²) in [6, 6.07) is 4.48. The van der Waals surface area contributed by atoms with Crippen LogP contribution in [0.25, 0.3) is 5.69 Å². The molecule has 0 spiro atoms. The molecule has 0 unspecified atom stereocenters. The Morgan fingerprint density at radius 1 is 1.43 bits per heavy atom. The van der Waals surface area contributed by atoms with Gasteiger partial charge in [-0.05, 0) is 24.6 Å². The molecule has 0 aliphatic heterocycles. The number of benzene rings is 1. The molecule has 112 valence electrons. The third-order valence-corrected chi connectivity index (χ3v) is 3.83. The van der Waals surface area contributed by atoms with Crippen LogP contribution in [0.1, 0.15) is 31.2 Å². The Kier molecular flexibility index (Phi) is 4.62. The zero-order valence-electron chi connectivity index (χ0n) is 12.0. The van der Waals surface area contributed by atoms with E-state index in [1.165, 1.54) is 12.1 Å². The number of aryl methyl sites for hydroxylation is 1. The molecule has 1 aromatic heterocycles. The number of nitrogens with zero attached hydrogens (tertiary/aromatic N) is 3. The zero-order chi connectivity index (χ0) is 15.6. The van der Waals surface area contributed by atoms with E-state index < -0.39 is 5.97 Å². The topological polar surface area (TPSA) is 68.0 Å². The number of aromatic nitrogens is 3. The molecule has 0 fully saturated rings. The second-order valence-electron chi connectivity index (χ2n) is 4.94. The predicted molar refractivity (Wildman–Crippen MR) is 78.5 cm³/mol. The maximum Gasteiger partial charge on any atom is 0.313 e. The van der Waals surface area contributed by atoms with Crippen LogP contribution >= 0.6 is 11.8 Å². The van der Waals surface area contributed by atoms with E-state index in [0.29, 0.717) is 16.7 Å². The van der Waals surface area contributed by atoms with Crippen molar-refractivity contribution in [1.82, 2.24) is 14.8 Å². The average molecular weight is 309 g/mol. The summed E-state index contributed by atoms with van der Waals surface area (Å²) in [6.45, 7) is 5.78. The van der Waals surface area contributed by atoms with Crippen molar-refractivity contribution in [2.45, 2.75) is 31.8 Å². The number of carbonyl (C=O) groups is 1. The lowest BCUT2D eigenvalue weighted by Gasteiger charge is -2.14. The van der Waals surface area contributed by atoms with Crippen molar-refractivity contribution in [3.8, 4) is 5.69 Å². The zero-order valence-corrected chi connectivity index (χ0v) is 12.8. The van der Waals surface area contributed by atoms with Crippen molar-refractivity contribution in [2.24, 2.45) is 0 Å². The Labute approximate surface area is 126 Å². The lowest BCUT2D eigenvalue weighted by Crippen LogP contribution is -2.07. The summed E-state index contributed by atoms with van der Waals surface area (Å²) in [7, 11) is 0. The van der Waals surface area contributed by atoms with Crippen molar-refractivity contribution < 1.29 is 14.3 Å². The molecule has 0 amide bonds. The highest BCUT2D eigenvalue weighted by atomic mass is 32.2. The van der Waals surface area contributed by atoms with E-state index in [-0.39, 0.29) is 17.5 Å². The standard InChI is InChI=1S/C14H16FN3O2S/c1-8(2)13-16-17-14(21-7-12(19)20)18(13)11-6-10(15)5-4-9(11)3/h4-6,8H,7H2,1-3H3,(H,19,20). The van der Waals surface area contributed by atoms with E-state index in [2.05, 4.69) is 10.2 Å². The van der Waals surface area contributed by atoms with Crippen LogP contribution in [0.4, 0.5) is 4.39 Å². The molecule has 0 saturated carbocycles. The summed E-state index contributed by atoms with van der Waals surface area (Å²) >= 11 is 1.07. The first-order valence-electron chi connectivity index (χ1n) is 6.46. The fourth-order valence-corrected chi connectivity index (χ4v) is 2.60. The molecule has 5 nitrogen and oxygen atoms in total. The predicted octanol–water partition coefficient (Wildman–Crippen LogP) is 3.01. The Bertz CT molecular complexity index is 670. The Balaban J connectivity index is 2.55. The van der Waals surface area contributed by atoms with Crippen LogP contribution in [0.15, 0.2) is 23.4 Å². The van der Waals surface area contributed by atoms with Gasteiger partial charge in [0.1, 0.15) is 11.6 Å². The van der Waals surface area contributed by atoms with Gasteiger partial charge in [-0.1, -0.05) is 31.7 Å². The van der Waals surface area contributed by atoms with Crippen molar-refractivity contribution in [3.05, 3.63) is 35.4 Å². The van der Waals surface area contributed by atoms with Gasteiger partial charge in [-0.15, -0.1) is 10.2 Å². The summed E-state index contributed by atoms with van der Waals surface area (Å²) in [5.74, 6) is -0.648. The molecule has 0 saturated heterocycles. The number of aliphatic carboxylic acids is 1. The van der Waals surface area contributed by atoms with Crippen LogP contribution in [0, 0.1) is 12.7 Å². The van der Waals surface area contributed by atoms with E-state index in [4.69, 9.17) is 5.11 Å². The van der Waals surface area contributed by atoms with Crippen LogP contribution in [0.3, 0.4) is 0 Å². The minimum Gasteiger partial charge on any atom is -0.481 e.